The molecule has 0 spiro atoms. The third-order valence-electron chi connectivity index (χ3n) is 2.67. The van der Waals surface area contributed by atoms with Crippen LogP contribution in [0, 0.1) is 0 Å². The second kappa shape index (κ2) is 6.89. The number of carbonyl (C=O) groups excluding carboxylic acids is 1. The van der Waals surface area contributed by atoms with Crippen molar-refractivity contribution in [2.24, 2.45) is 0 Å². The first-order valence-corrected chi connectivity index (χ1v) is 6.14. The van der Waals surface area contributed by atoms with Gasteiger partial charge in [-0.25, -0.2) is 0 Å². The molecular weight excluding hydrogens is 210 g/mol. The smallest absolute Gasteiger partial charge is 0.251 e. The summed E-state index contributed by atoms with van der Waals surface area (Å²) < 4.78 is 0. The fraction of sp³-hybridized carbons (Fsp3) is 0.400. The van der Waals surface area contributed by atoms with Gasteiger partial charge in [0.05, 0.1) is 0 Å². The van der Waals surface area contributed by atoms with Crippen LogP contribution in [0.5, 0.6) is 0 Å². The molecule has 1 amide bonds. The number of carbonyl (C=O) groups is 1. The first-order valence-electron chi connectivity index (χ1n) is 6.14. The first-order chi connectivity index (χ1) is 8.15. The van der Waals surface area contributed by atoms with Gasteiger partial charge >= 0.3 is 0 Å². The Balaban J connectivity index is 2.52. The van der Waals surface area contributed by atoms with Crippen molar-refractivity contribution in [1.82, 2.24) is 5.32 Å². The van der Waals surface area contributed by atoms with Crippen molar-refractivity contribution < 1.29 is 4.79 Å². The molecule has 0 radical (unpaired) electrons. The second-order valence-electron chi connectivity index (χ2n) is 4.39. The van der Waals surface area contributed by atoms with E-state index in [-0.39, 0.29) is 5.91 Å². The van der Waals surface area contributed by atoms with E-state index in [1.165, 1.54) is 5.56 Å². The molecule has 0 aliphatic carbocycles. The van der Waals surface area contributed by atoms with Gasteiger partial charge < -0.3 is 5.32 Å². The Hall–Kier alpha value is -1.57. The molecule has 92 valence electrons. The van der Waals surface area contributed by atoms with Crippen molar-refractivity contribution in [2.75, 3.05) is 6.54 Å². The maximum atomic E-state index is 11.8. The van der Waals surface area contributed by atoms with Crippen molar-refractivity contribution in [3.05, 3.63) is 47.5 Å². The summed E-state index contributed by atoms with van der Waals surface area (Å²) in [6, 6.07) is 7.82. The molecule has 0 saturated carbocycles. The lowest BCUT2D eigenvalue weighted by Gasteiger charge is -2.07. The molecule has 0 aliphatic heterocycles. The molecule has 1 aromatic rings. The molecule has 0 unspecified atom stereocenters. The average molecular weight is 231 g/mol. The summed E-state index contributed by atoms with van der Waals surface area (Å²) in [4.78, 5) is 11.8. The molecule has 1 rings (SSSR count). The maximum absolute atomic E-state index is 11.8. The van der Waals surface area contributed by atoms with Crippen LogP contribution >= 0.6 is 0 Å². The Morgan fingerprint density at radius 1 is 1.29 bits per heavy atom. The van der Waals surface area contributed by atoms with Gasteiger partial charge in [0, 0.05) is 12.1 Å². The van der Waals surface area contributed by atoms with Crippen molar-refractivity contribution in [1.29, 1.82) is 0 Å². The lowest BCUT2D eigenvalue weighted by molar-refractivity contribution is 0.0954. The molecule has 0 atom stereocenters. The standard InChI is InChI=1S/C15H21NO/c1-4-5-6-11-16-15(17)14-9-7-13(8-10-14)12(2)3/h4-5,7-10,12H,6,11H2,1-3H3,(H,16,17)/b5-4+. The quantitative estimate of drug-likeness (QED) is 0.610. The van der Waals surface area contributed by atoms with Gasteiger partial charge in [0.1, 0.15) is 0 Å². The number of hydrogen-bond donors (Lipinski definition) is 1. The van der Waals surface area contributed by atoms with Crippen LogP contribution in [-0.2, 0) is 0 Å². The molecule has 2 nitrogen and oxygen atoms in total. The number of allylic oxidation sites excluding steroid dienone is 1. The van der Waals surface area contributed by atoms with Gasteiger partial charge in [-0.15, -0.1) is 0 Å². The molecule has 0 aliphatic rings. The lowest BCUT2D eigenvalue weighted by atomic mass is 10.0. The highest BCUT2D eigenvalue weighted by molar-refractivity contribution is 5.94. The normalized spacial score (nSPS) is 11.1. The van der Waals surface area contributed by atoms with E-state index in [0.29, 0.717) is 12.5 Å². The van der Waals surface area contributed by atoms with Gasteiger partial charge in [0.25, 0.3) is 5.91 Å². The fourth-order valence-electron chi connectivity index (χ4n) is 1.56. The summed E-state index contributed by atoms with van der Waals surface area (Å²) in [6.07, 6.45) is 4.91. The van der Waals surface area contributed by atoms with E-state index in [9.17, 15) is 4.79 Å². The highest BCUT2D eigenvalue weighted by Crippen LogP contribution is 2.14. The van der Waals surface area contributed by atoms with E-state index in [2.05, 4.69) is 19.2 Å². The fourth-order valence-corrected chi connectivity index (χ4v) is 1.56. The highest BCUT2D eigenvalue weighted by atomic mass is 16.1. The molecule has 0 fully saturated rings. The molecule has 0 aromatic heterocycles. The topological polar surface area (TPSA) is 29.1 Å². The Labute approximate surface area is 104 Å². The largest absolute Gasteiger partial charge is 0.352 e. The van der Waals surface area contributed by atoms with Gasteiger partial charge in [0.2, 0.25) is 0 Å². The van der Waals surface area contributed by atoms with Gasteiger partial charge in [-0.05, 0) is 37.0 Å². The van der Waals surface area contributed by atoms with Crippen LogP contribution in [0.15, 0.2) is 36.4 Å². The molecule has 0 saturated heterocycles. The van der Waals surface area contributed by atoms with Gasteiger partial charge in [-0.3, -0.25) is 4.79 Å². The van der Waals surface area contributed by atoms with Crippen molar-refractivity contribution in [2.45, 2.75) is 33.1 Å². The summed E-state index contributed by atoms with van der Waals surface area (Å²) >= 11 is 0. The minimum absolute atomic E-state index is 0.00445. The van der Waals surface area contributed by atoms with Crippen molar-refractivity contribution in [3.8, 4) is 0 Å². The number of nitrogens with one attached hydrogen (secondary N) is 1. The Morgan fingerprint density at radius 2 is 1.94 bits per heavy atom. The lowest BCUT2D eigenvalue weighted by Crippen LogP contribution is -2.24. The zero-order chi connectivity index (χ0) is 12.7. The molecule has 0 heterocycles. The minimum atomic E-state index is 0.00445. The van der Waals surface area contributed by atoms with Crippen LogP contribution in [0.3, 0.4) is 0 Å². The first kappa shape index (κ1) is 13.5. The zero-order valence-corrected chi connectivity index (χ0v) is 10.9. The minimum Gasteiger partial charge on any atom is -0.352 e. The van der Waals surface area contributed by atoms with E-state index in [1.807, 2.05) is 43.3 Å². The predicted octanol–water partition coefficient (Wildman–Crippen LogP) is 3.51. The van der Waals surface area contributed by atoms with Gasteiger partial charge in [-0.2, -0.15) is 0 Å². The Kier molecular flexibility index (Phi) is 5.47. The van der Waals surface area contributed by atoms with Crippen molar-refractivity contribution >= 4 is 5.91 Å². The van der Waals surface area contributed by atoms with E-state index < -0.39 is 0 Å². The van der Waals surface area contributed by atoms with Crippen LogP contribution in [0.1, 0.15) is 49.0 Å². The summed E-state index contributed by atoms with van der Waals surface area (Å²) in [6.45, 7) is 6.96. The monoisotopic (exact) mass is 231 g/mol. The van der Waals surface area contributed by atoms with E-state index in [0.717, 1.165) is 12.0 Å². The third kappa shape index (κ3) is 4.43. The number of hydrogen-bond acceptors (Lipinski definition) is 1. The molecule has 1 N–H and O–H groups in total. The van der Waals surface area contributed by atoms with Gasteiger partial charge in [-0.1, -0.05) is 38.1 Å². The number of benzene rings is 1. The van der Waals surface area contributed by atoms with Crippen LogP contribution < -0.4 is 5.32 Å². The second-order valence-corrected chi connectivity index (χ2v) is 4.39. The molecule has 17 heavy (non-hydrogen) atoms. The van der Waals surface area contributed by atoms with E-state index >= 15 is 0 Å². The van der Waals surface area contributed by atoms with Crippen LogP contribution in [0.2, 0.25) is 0 Å². The highest BCUT2D eigenvalue weighted by Gasteiger charge is 2.05. The summed E-state index contributed by atoms with van der Waals surface area (Å²) in [5.41, 5.74) is 1.99. The van der Waals surface area contributed by atoms with E-state index in [4.69, 9.17) is 0 Å². The Bertz CT molecular complexity index is 376. The summed E-state index contributed by atoms with van der Waals surface area (Å²) in [5, 5.41) is 2.89. The number of rotatable bonds is 5. The third-order valence-corrected chi connectivity index (χ3v) is 2.67. The Morgan fingerprint density at radius 3 is 2.47 bits per heavy atom. The maximum Gasteiger partial charge on any atom is 0.251 e. The van der Waals surface area contributed by atoms with Crippen LogP contribution in [0.25, 0.3) is 0 Å². The van der Waals surface area contributed by atoms with Crippen LogP contribution in [0.4, 0.5) is 0 Å². The van der Waals surface area contributed by atoms with Crippen LogP contribution in [-0.4, -0.2) is 12.5 Å². The van der Waals surface area contributed by atoms with Crippen molar-refractivity contribution in [3.63, 3.8) is 0 Å². The number of amides is 1. The average Bonchev–Trinajstić information content (AvgIpc) is 2.34. The molecule has 1 aromatic carbocycles. The summed E-state index contributed by atoms with van der Waals surface area (Å²) in [5.74, 6) is 0.506. The summed E-state index contributed by atoms with van der Waals surface area (Å²) in [7, 11) is 0. The van der Waals surface area contributed by atoms with Gasteiger partial charge in [0.15, 0.2) is 0 Å². The SMILES string of the molecule is C/C=C/CCNC(=O)c1ccc(C(C)C)cc1. The zero-order valence-electron chi connectivity index (χ0n) is 10.9. The predicted molar refractivity (Wildman–Crippen MR) is 72.3 cm³/mol. The van der Waals surface area contributed by atoms with E-state index in [1.54, 1.807) is 0 Å². The molecular formula is C15H21NO. The molecule has 2 heteroatoms. The molecule has 0 bridgehead atoms.